The van der Waals surface area contributed by atoms with Crippen molar-refractivity contribution in [3.8, 4) is 5.75 Å². The molecule has 2 N–H and O–H groups in total. The number of ether oxygens (including phenoxy) is 1. The molecule has 27 heavy (non-hydrogen) atoms. The van der Waals surface area contributed by atoms with Gasteiger partial charge in [0.2, 0.25) is 0 Å². The zero-order valence-corrected chi connectivity index (χ0v) is 16.2. The van der Waals surface area contributed by atoms with Crippen LogP contribution in [0.3, 0.4) is 0 Å². The van der Waals surface area contributed by atoms with E-state index in [1.165, 1.54) is 11.1 Å². The molecule has 2 amide bonds. The highest BCUT2D eigenvalue weighted by atomic mass is 16.5. The standard InChI is InChI=1S/C22H29N3O2/c1-17-5-3-7-19(13-17)16-25-11-9-20(10-12-25)24-22(26)23-15-18-6-4-8-21(14-18)27-2/h3-8,13-14,20H,9-12,15-16H2,1-2H3,(H2,23,24,26). The number of amides is 2. The summed E-state index contributed by atoms with van der Waals surface area (Å²) < 4.78 is 5.21. The number of carbonyl (C=O) groups is 1. The quantitative estimate of drug-likeness (QED) is 0.822. The van der Waals surface area contributed by atoms with Gasteiger partial charge in [0.05, 0.1) is 7.11 Å². The molecule has 3 rings (SSSR count). The zero-order chi connectivity index (χ0) is 19.1. The van der Waals surface area contributed by atoms with Gasteiger partial charge < -0.3 is 15.4 Å². The topological polar surface area (TPSA) is 53.6 Å². The minimum Gasteiger partial charge on any atom is -0.497 e. The molecule has 0 atom stereocenters. The van der Waals surface area contributed by atoms with Gasteiger partial charge in [-0.1, -0.05) is 42.0 Å². The molecule has 5 heteroatoms. The van der Waals surface area contributed by atoms with E-state index in [2.05, 4.69) is 46.7 Å². The lowest BCUT2D eigenvalue weighted by Gasteiger charge is -2.32. The summed E-state index contributed by atoms with van der Waals surface area (Å²) in [5.74, 6) is 0.802. The fourth-order valence-corrected chi connectivity index (χ4v) is 3.51. The van der Waals surface area contributed by atoms with Crippen LogP contribution in [-0.4, -0.2) is 37.2 Å². The SMILES string of the molecule is COc1cccc(CNC(=O)NC2CCN(Cc3cccc(C)c3)CC2)c1. The lowest BCUT2D eigenvalue weighted by molar-refractivity contribution is 0.186. The fourth-order valence-electron chi connectivity index (χ4n) is 3.51. The van der Waals surface area contributed by atoms with Gasteiger partial charge in [-0.3, -0.25) is 4.90 Å². The third kappa shape index (κ3) is 6.00. The van der Waals surface area contributed by atoms with Gasteiger partial charge in [-0.25, -0.2) is 4.79 Å². The number of rotatable bonds is 6. The van der Waals surface area contributed by atoms with E-state index in [4.69, 9.17) is 4.74 Å². The van der Waals surface area contributed by atoms with E-state index in [1.54, 1.807) is 7.11 Å². The second-order valence-corrected chi connectivity index (χ2v) is 7.22. The molecule has 1 aliphatic rings. The van der Waals surface area contributed by atoms with E-state index in [1.807, 2.05) is 24.3 Å². The summed E-state index contributed by atoms with van der Waals surface area (Å²) in [5.41, 5.74) is 3.69. The van der Waals surface area contributed by atoms with Crippen molar-refractivity contribution in [2.24, 2.45) is 0 Å². The molecule has 1 fully saturated rings. The van der Waals surface area contributed by atoms with Crippen LogP contribution in [0.25, 0.3) is 0 Å². The first-order chi connectivity index (χ1) is 13.1. The predicted octanol–water partition coefficient (Wildman–Crippen LogP) is 3.47. The summed E-state index contributed by atoms with van der Waals surface area (Å²) in [5, 5.41) is 6.04. The average Bonchev–Trinajstić information content (AvgIpc) is 2.68. The Hall–Kier alpha value is -2.53. The molecule has 0 saturated carbocycles. The van der Waals surface area contributed by atoms with Crippen molar-refractivity contribution in [2.45, 2.75) is 38.9 Å². The highest BCUT2D eigenvalue weighted by Gasteiger charge is 2.20. The first-order valence-corrected chi connectivity index (χ1v) is 9.57. The Morgan fingerprint density at radius 1 is 1.11 bits per heavy atom. The van der Waals surface area contributed by atoms with Gasteiger partial charge in [0.15, 0.2) is 0 Å². The maximum atomic E-state index is 12.2. The first kappa shape index (κ1) is 19.2. The summed E-state index contributed by atoms with van der Waals surface area (Å²) in [6.07, 6.45) is 1.97. The number of nitrogens with zero attached hydrogens (tertiary/aromatic N) is 1. The maximum Gasteiger partial charge on any atom is 0.315 e. The number of urea groups is 1. The molecule has 0 spiro atoms. The number of hydrogen-bond acceptors (Lipinski definition) is 3. The molecule has 1 saturated heterocycles. The third-order valence-electron chi connectivity index (χ3n) is 5.00. The summed E-state index contributed by atoms with van der Waals surface area (Å²) in [6.45, 7) is 5.62. The van der Waals surface area contributed by atoms with Crippen molar-refractivity contribution in [3.63, 3.8) is 0 Å². The second-order valence-electron chi connectivity index (χ2n) is 7.22. The summed E-state index contributed by atoms with van der Waals surface area (Å²) in [4.78, 5) is 14.6. The summed E-state index contributed by atoms with van der Waals surface area (Å²) in [7, 11) is 1.64. The van der Waals surface area contributed by atoms with Crippen LogP contribution < -0.4 is 15.4 Å². The summed E-state index contributed by atoms with van der Waals surface area (Å²) >= 11 is 0. The van der Waals surface area contributed by atoms with Gasteiger partial charge >= 0.3 is 6.03 Å². The number of piperidine rings is 1. The Bertz CT molecular complexity index is 755. The van der Waals surface area contributed by atoms with Crippen molar-refractivity contribution in [2.75, 3.05) is 20.2 Å². The number of carbonyl (C=O) groups excluding carboxylic acids is 1. The highest BCUT2D eigenvalue weighted by molar-refractivity contribution is 5.74. The molecule has 1 aliphatic heterocycles. The number of hydrogen-bond donors (Lipinski definition) is 2. The highest BCUT2D eigenvalue weighted by Crippen LogP contribution is 2.15. The lowest BCUT2D eigenvalue weighted by atomic mass is 10.0. The minimum absolute atomic E-state index is 0.102. The van der Waals surface area contributed by atoms with Crippen molar-refractivity contribution in [3.05, 3.63) is 65.2 Å². The van der Waals surface area contributed by atoms with E-state index in [0.29, 0.717) is 6.54 Å². The Balaban J connectivity index is 1.38. The molecule has 0 aliphatic carbocycles. The zero-order valence-electron chi connectivity index (χ0n) is 16.2. The summed E-state index contributed by atoms with van der Waals surface area (Å²) in [6, 6.07) is 16.6. The average molecular weight is 367 g/mol. The largest absolute Gasteiger partial charge is 0.497 e. The van der Waals surface area contributed by atoms with Crippen LogP contribution in [0.5, 0.6) is 5.75 Å². The molecule has 0 bridgehead atoms. The molecule has 2 aromatic carbocycles. The molecule has 2 aromatic rings. The van der Waals surface area contributed by atoms with Gasteiger partial charge in [0.1, 0.15) is 5.75 Å². The molecule has 0 unspecified atom stereocenters. The fraction of sp³-hybridized carbons (Fsp3) is 0.409. The van der Waals surface area contributed by atoms with Crippen molar-refractivity contribution < 1.29 is 9.53 Å². The van der Waals surface area contributed by atoms with E-state index < -0.39 is 0 Å². The van der Waals surface area contributed by atoms with Crippen LogP contribution >= 0.6 is 0 Å². The second kappa shape index (κ2) is 9.42. The van der Waals surface area contributed by atoms with E-state index >= 15 is 0 Å². The Morgan fingerprint density at radius 3 is 2.59 bits per heavy atom. The van der Waals surface area contributed by atoms with Crippen LogP contribution in [-0.2, 0) is 13.1 Å². The molecular formula is C22H29N3O2. The van der Waals surface area contributed by atoms with Crippen molar-refractivity contribution in [1.82, 2.24) is 15.5 Å². The van der Waals surface area contributed by atoms with Gasteiger partial charge in [0, 0.05) is 32.2 Å². The van der Waals surface area contributed by atoms with Gasteiger partial charge in [-0.05, 0) is 43.0 Å². The van der Waals surface area contributed by atoms with E-state index in [9.17, 15) is 4.79 Å². The van der Waals surface area contributed by atoms with Crippen LogP contribution in [0, 0.1) is 6.92 Å². The number of nitrogens with one attached hydrogen (secondary N) is 2. The molecule has 0 radical (unpaired) electrons. The van der Waals surface area contributed by atoms with Gasteiger partial charge in [-0.2, -0.15) is 0 Å². The van der Waals surface area contributed by atoms with Crippen molar-refractivity contribution in [1.29, 1.82) is 0 Å². The molecule has 0 aromatic heterocycles. The smallest absolute Gasteiger partial charge is 0.315 e. The molecule has 5 nitrogen and oxygen atoms in total. The number of likely N-dealkylation sites (tertiary alicyclic amines) is 1. The number of methoxy groups -OCH3 is 1. The van der Waals surface area contributed by atoms with Gasteiger partial charge in [-0.15, -0.1) is 0 Å². The van der Waals surface area contributed by atoms with E-state index in [-0.39, 0.29) is 12.1 Å². The Morgan fingerprint density at radius 2 is 1.85 bits per heavy atom. The van der Waals surface area contributed by atoms with Crippen LogP contribution in [0.15, 0.2) is 48.5 Å². The minimum atomic E-state index is -0.102. The number of benzene rings is 2. The first-order valence-electron chi connectivity index (χ1n) is 9.57. The lowest BCUT2D eigenvalue weighted by Crippen LogP contribution is -2.47. The Labute approximate surface area is 161 Å². The Kier molecular flexibility index (Phi) is 6.71. The molecule has 1 heterocycles. The van der Waals surface area contributed by atoms with E-state index in [0.717, 1.165) is 43.8 Å². The van der Waals surface area contributed by atoms with Crippen LogP contribution in [0.2, 0.25) is 0 Å². The number of aryl methyl sites for hydroxylation is 1. The molecule has 144 valence electrons. The maximum absolute atomic E-state index is 12.2. The molecular weight excluding hydrogens is 338 g/mol. The van der Waals surface area contributed by atoms with Crippen LogP contribution in [0.1, 0.15) is 29.5 Å². The normalized spacial score (nSPS) is 15.3. The van der Waals surface area contributed by atoms with Crippen molar-refractivity contribution >= 4 is 6.03 Å². The predicted molar refractivity (Wildman–Crippen MR) is 108 cm³/mol. The monoisotopic (exact) mass is 367 g/mol. The van der Waals surface area contributed by atoms with Gasteiger partial charge in [0.25, 0.3) is 0 Å². The third-order valence-corrected chi connectivity index (χ3v) is 5.00. The van der Waals surface area contributed by atoms with Crippen LogP contribution in [0.4, 0.5) is 4.79 Å².